The topological polar surface area (TPSA) is 24.9 Å². The number of hydrogen-bond donors (Lipinski definition) is 1. The van der Waals surface area contributed by atoms with Crippen molar-refractivity contribution in [1.29, 1.82) is 0 Å². The lowest BCUT2D eigenvalue weighted by Gasteiger charge is -2.08. The van der Waals surface area contributed by atoms with Crippen molar-refractivity contribution >= 4 is 11.3 Å². The van der Waals surface area contributed by atoms with Gasteiger partial charge in [0.2, 0.25) is 0 Å². The van der Waals surface area contributed by atoms with Gasteiger partial charge >= 0.3 is 0 Å². The molecule has 1 N–H and O–H groups in total. The highest BCUT2D eigenvalue weighted by Crippen LogP contribution is 2.11. The summed E-state index contributed by atoms with van der Waals surface area (Å²) in [5.74, 6) is 0.790. The van der Waals surface area contributed by atoms with Crippen molar-refractivity contribution in [2.24, 2.45) is 5.92 Å². The molecule has 1 rings (SSSR count). The van der Waals surface area contributed by atoms with Crippen LogP contribution in [0, 0.1) is 12.8 Å². The molecule has 0 spiro atoms. The third-order valence-electron chi connectivity index (χ3n) is 2.41. The maximum Gasteiger partial charge on any atom is 0.0896 e. The molecule has 0 saturated heterocycles. The van der Waals surface area contributed by atoms with Crippen molar-refractivity contribution < 1.29 is 0 Å². The van der Waals surface area contributed by atoms with Crippen molar-refractivity contribution in [2.75, 3.05) is 13.1 Å². The fraction of sp³-hybridized carbons (Fsp3) is 0.727. The molecule has 1 atom stereocenters. The Hall–Kier alpha value is -0.410. The van der Waals surface area contributed by atoms with E-state index in [0.717, 1.165) is 25.4 Å². The first-order valence-corrected chi connectivity index (χ1v) is 6.16. The van der Waals surface area contributed by atoms with E-state index in [1.807, 2.05) is 6.20 Å². The predicted octanol–water partition coefficient (Wildman–Crippen LogP) is 2.63. The minimum absolute atomic E-state index is 0.790. The summed E-state index contributed by atoms with van der Waals surface area (Å²) in [6, 6.07) is 0. The molecule has 0 aromatic carbocycles. The lowest BCUT2D eigenvalue weighted by atomic mass is 10.1. The van der Waals surface area contributed by atoms with E-state index in [4.69, 9.17) is 0 Å². The van der Waals surface area contributed by atoms with Crippen LogP contribution in [-0.2, 0) is 6.42 Å². The van der Waals surface area contributed by atoms with Gasteiger partial charge in [0, 0.05) is 17.6 Å². The van der Waals surface area contributed by atoms with Crippen molar-refractivity contribution in [3.63, 3.8) is 0 Å². The standard InChI is InChI=1S/C11H20N2S/c1-4-9(2)7-12-6-5-11-8-13-10(3)14-11/h8-9,12H,4-7H2,1-3H3. The van der Waals surface area contributed by atoms with Gasteiger partial charge in [-0.1, -0.05) is 20.3 Å². The molecule has 0 saturated carbocycles. The number of nitrogens with zero attached hydrogens (tertiary/aromatic N) is 1. The summed E-state index contributed by atoms with van der Waals surface area (Å²) in [5, 5.41) is 4.64. The minimum atomic E-state index is 0.790. The zero-order chi connectivity index (χ0) is 10.4. The van der Waals surface area contributed by atoms with E-state index in [1.54, 1.807) is 11.3 Å². The Balaban J connectivity index is 2.10. The van der Waals surface area contributed by atoms with Crippen LogP contribution in [0.3, 0.4) is 0 Å². The van der Waals surface area contributed by atoms with E-state index in [1.165, 1.54) is 16.3 Å². The molecule has 1 aromatic rings. The largest absolute Gasteiger partial charge is 0.316 e. The summed E-state index contributed by atoms with van der Waals surface area (Å²) in [6.07, 6.45) is 4.36. The van der Waals surface area contributed by atoms with Crippen LogP contribution in [-0.4, -0.2) is 18.1 Å². The lowest BCUT2D eigenvalue weighted by molar-refractivity contribution is 0.503. The maximum absolute atomic E-state index is 4.24. The van der Waals surface area contributed by atoms with Crippen LogP contribution in [0.4, 0.5) is 0 Å². The average Bonchev–Trinajstić information content (AvgIpc) is 2.58. The van der Waals surface area contributed by atoms with Crippen molar-refractivity contribution in [2.45, 2.75) is 33.6 Å². The SMILES string of the molecule is CCC(C)CNCCc1cnc(C)s1. The zero-order valence-corrected chi connectivity index (χ0v) is 10.2. The molecule has 14 heavy (non-hydrogen) atoms. The van der Waals surface area contributed by atoms with Gasteiger partial charge in [-0.2, -0.15) is 0 Å². The quantitative estimate of drug-likeness (QED) is 0.733. The third kappa shape index (κ3) is 4.20. The van der Waals surface area contributed by atoms with Gasteiger partial charge in [-0.05, 0) is 25.8 Å². The van der Waals surface area contributed by atoms with E-state index in [9.17, 15) is 0 Å². The highest BCUT2D eigenvalue weighted by atomic mass is 32.1. The Labute approximate surface area is 90.8 Å². The third-order valence-corrected chi connectivity index (χ3v) is 3.38. The second-order valence-electron chi connectivity index (χ2n) is 3.81. The summed E-state index contributed by atoms with van der Waals surface area (Å²) >= 11 is 1.80. The van der Waals surface area contributed by atoms with Gasteiger partial charge in [0.1, 0.15) is 0 Å². The molecule has 0 fully saturated rings. The van der Waals surface area contributed by atoms with Gasteiger partial charge in [0.15, 0.2) is 0 Å². The summed E-state index contributed by atoms with van der Waals surface area (Å²) in [5.41, 5.74) is 0. The van der Waals surface area contributed by atoms with Crippen LogP contribution in [0.25, 0.3) is 0 Å². The van der Waals surface area contributed by atoms with E-state index in [0.29, 0.717) is 0 Å². The van der Waals surface area contributed by atoms with Crippen LogP contribution in [0.5, 0.6) is 0 Å². The summed E-state index contributed by atoms with van der Waals surface area (Å²) in [7, 11) is 0. The maximum atomic E-state index is 4.24. The first-order valence-electron chi connectivity index (χ1n) is 5.34. The van der Waals surface area contributed by atoms with Gasteiger partial charge < -0.3 is 5.32 Å². The molecular formula is C11H20N2S. The van der Waals surface area contributed by atoms with Crippen LogP contribution >= 0.6 is 11.3 Å². The predicted molar refractivity (Wildman–Crippen MR) is 62.9 cm³/mol. The molecule has 1 heterocycles. The van der Waals surface area contributed by atoms with E-state index in [-0.39, 0.29) is 0 Å². The van der Waals surface area contributed by atoms with E-state index < -0.39 is 0 Å². The number of rotatable bonds is 6. The summed E-state index contributed by atoms with van der Waals surface area (Å²) < 4.78 is 0. The minimum Gasteiger partial charge on any atom is -0.316 e. The van der Waals surface area contributed by atoms with Gasteiger partial charge in [0.25, 0.3) is 0 Å². The van der Waals surface area contributed by atoms with Crippen molar-refractivity contribution in [1.82, 2.24) is 10.3 Å². The molecule has 0 amide bonds. The molecule has 3 heteroatoms. The van der Waals surface area contributed by atoms with Crippen LogP contribution in [0.1, 0.15) is 30.2 Å². The second-order valence-corrected chi connectivity index (χ2v) is 5.13. The summed E-state index contributed by atoms with van der Waals surface area (Å²) in [4.78, 5) is 5.63. The Kier molecular flexibility index (Phi) is 5.12. The molecule has 80 valence electrons. The average molecular weight is 212 g/mol. The number of aryl methyl sites for hydroxylation is 1. The Bertz CT molecular complexity index is 258. The fourth-order valence-electron chi connectivity index (χ4n) is 1.23. The van der Waals surface area contributed by atoms with Gasteiger partial charge in [-0.15, -0.1) is 11.3 Å². The molecule has 0 aliphatic heterocycles. The summed E-state index contributed by atoms with van der Waals surface area (Å²) in [6.45, 7) is 8.78. The molecule has 1 aromatic heterocycles. The molecule has 0 aliphatic carbocycles. The molecule has 1 unspecified atom stereocenters. The molecule has 0 bridgehead atoms. The Morgan fingerprint density at radius 1 is 1.57 bits per heavy atom. The molecule has 0 aliphatic rings. The van der Waals surface area contributed by atoms with Crippen LogP contribution in [0.15, 0.2) is 6.20 Å². The Morgan fingerprint density at radius 3 is 2.93 bits per heavy atom. The van der Waals surface area contributed by atoms with Crippen molar-refractivity contribution in [3.8, 4) is 0 Å². The highest BCUT2D eigenvalue weighted by Gasteiger charge is 1.99. The molecule has 0 radical (unpaired) electrons. The second kappa shape index (κ2) is 6.14. The Morgan fingerprint density at radius 2 is 2.36 bits per heavy atom. The number of aromatic nitrogens is 1. The molecule has 2 nitrogen and oxygen atoms in total. The number of thiazole rings is 1. The van der Waals surface area contributed by atoms with Crippen LogP contribution in [0.2, 0.25) is 0 Å². The number of hydrogen-bond acceptors (Lipinski definition) is 3. The van der Waals surface area contributed by atoms with Gasteiger partial charge in [-0.3, -0.25) is 0 Å². The van der Waals surface area contributed by atoms with E-state index >= 15 is 0 Å². The highest BCUT2D eigenvalue weighted by molar-refractivity contribution is 7.11. The normalized spacial score (nSPS) is 13.1. The molecular weight excluding hydrogens is 192 g/mol. The van der Waals surface area contributed by atoms with Gasteiger partial charge in [0.05, 0.1) is 5.01 Å². The first kappa shape index (κ1) is 11.7. The fourth-order valence-corrected chi connectivity index (χ4v) is 2.02. The monoisotopic (exact) mass is 212 g/mol. The lowest BCUT2D eigenvalue weighted by Crippen LogP contribution is -2.22. The van der Waals surface area contributed by atoms with Crippen molar-refractivity contribution in [3.05, 3.63) is 16.1 Å². The zero-order valence-electron chi connectivity index (χ0n) is 9.34. The number of nitrogens with one attached hydrogen (secondary N) is 1. The van der Waals surface area contributed by atoms with Gasteiger partial charge in [-0.25, -0.2) is 4.98 Å². The smallest absolute Gasteiger partial charge is 0.0896 e. The van der Waals surface area contributed by atoms with Crippen LogP contribution < -0.4 is 5.32 Å². The van der Waals surface area contributed by atoms with E-state index in [2.05, 4.69) is 31.1 Å². The first-order chi connectivity index (χ1) is 6.72.